The number of allylic oxidation sites excluding steroid dienone is 1. The van der Waals surface area contributed by atoms with Crippen LogP contribution in [0.5, 0.6) is 0 Å². The van der Waals surface area contributed by atoms with Gasteiger partial charge in [-0.2, -0.15) is 0 Å². The minimum atomic E-state index is 0.774. The Kier molecular flexibility index (Phi) is 6.26. The van der Waals surface area contributed by atoms with Gasteiger partial charge in [-0.3, -0.25) is 9.39 Å². The molecule has 36 heavy (non-hydrogen) atoms. The molecule has 1 aromatic carbocycles. The van der Waals surface area contributed by atoms with Crippen molar-refractivity contribution in [1.29, 1.82) is 0 Å². The standard InChI is InChI=1S/C28H33BN7/c1-2-3-4-6-9-23-20-34(32-31-23)27-17-15-25-28(21-10-12-22(30)13-11-21)24-14-16-26(35(24)29-36(25)27)33-18-7-5-8-19-33/h10-17,20,30H,2-9,18-19H2,1H3/p+1. The van der Waals surface area contributed by atoms with E-state index in [9.17, 15) is 0 Å². The Morgan fingerprint density at radius 3 is 2.61 bits per heavy atom. The fraction of sp³-hybridized carbons (Fsp3) is 0.393. The second kappa shape index (κ2) is 9.84. The molecule has 2 N–H and O–H groups in total. The summed E-state index contributed by atoms with van der Waals surface area (Å²) in [6, 6.07) is 12.5. The summed E-state index contributed by atoms with van der Waals surface area (Å²) < 4.78 is 6.69. The lowest BCUT2D eigenvalue weighted by atomic mass is 9.91. The van der Waals surface area contributed by atoms with Crippen molar-refractivity contribution in [2.24, 2.45) is 0 Å². The van der Waals surface area contributed by atoms with Crippen LogP contribution in [0.3, 0.4) is 0 Å². The number of aromatic nitrogens is 4. The zero-order valence-corrected chi connectivity index (χ0v) is 21.1. The second-order valence-electron chi connectivity index (χ2n) is 10.0. The van der Waals surface area contributed by atoms with Crippen LogP contribution >= 0.6 is 0 Å². The van der Waals surface area contributed by atoms with Gasteiger partial charge >= 0.3 is 7.55 Å². The number of hydrogen-bond acceptors (Lipinski definition) is 3. The third-order valence-electron chi connectivity index (χ3n) is 7.48. The van der Waals surface area contributed by atoms with E-state index < -0.39 is 0 Å². The second-order valence-corrected chi connectivity index (χ2v) is 10.0. The molecular formula is C28H34BN7+. The van der Waals surface area contributed by atoms with Gasteiger partial charge in [0.25, 0.3) is 5.84 Å². The van der Waals surface area contributed by atoms with E-state index in [0.29, 0.717) is 0 Å². The largest absolute Gasteiger partial charge is 0.553 e. The van der Waals surface area contributed by atoms with Crippen molar-refractivity contribution in [2.45, 2.75) is 58.3 Å². The fourth-order valence-electron chi connectivity index (χ4n) is 5.54. The predicted octanol–water partition coefficient (Wildman–Crippen LogP) is 4.40. The van der Waals surface area contributed by atoms with E-state index in [1.807, 2.05) is 16.8 Å². The van der Waals surface area contributed by atoms with Crippen molar-refractivity contribution in [1.82, 2.24) is 24.3 Å². The van der Waals surface area contributed by atoms with Crippen LogP contribution < -0.4 is 5.73 Å². The van der Waals surface area contributed by atoms with E-state index in [4.69, 9.17) is 5.73 Å². The van der Waals surface area contributed by atoms with Crippen LogP contribution in [0, 0.1) is 0 Å². The average Bonchev–Trinajstić information content (AvgIpc) is 3.65. The molecule has 3 aromatic rings. The number of amidine groups is 1. The maximum absolute atomic E-state index is 6.03. The highest BCUT2D eigenvalue weighted by Crippen LogP contribution is 2.37. The number of fused-ring (bicyclic) bond motifs is 2. The highest BCUT2D eigenvalue weighted by atomic mass is 15.5. The molecule has 0 amide bonds. The van der Waals surface area contributed by atoms with Gasteiger partial charge in [0.2, 0.25) is 0 Å². The molecular weight excluding hydrogens is 445 g/mol. The first kappa shape index (κ1) is 22.9. The molecule has 8 heteroatoms. The van der Waals surface area contributed by atoms with E-state index >= 15 is 0 Å². The lowest BCUT2D eigenvalue weighted by molar-refractivity contribution is -0.539. The Balaban J connectivity index is 1.40. The third-order valence-corrected chi connectivity index (χ3v) is 7.48. The summed E-state index contributed by atoms with van der Waals surface area (Å²) in [5.41, 5.74) is 12.6. The number of unbranched alkanes of at least 4 members (excludes halogenated alkanes) is 3. The molecule has 7 nitrogen and oxygen atoms in total. The molecule has 6 rings (SSSR count). The third kappa shape index (κ3) is 4.19. The lowest BCUT2D eigenvalue weighted by Crippen LogP contribution is -2.43. The van der Waals surface area contributed by atoms with E-state index in [1.165, 1.54) is 55.6 Å². The zero-order valence-electron chi connectivity index (χ0n) is 21.1. The molecule has 0 bridgehead atoms. The number of anilines is 1. The normalized spacial score (nSPS) is 17.0. The Bertz CT molecular complexity index is 1330. The van der Waals surface area contributed by atoms with E-state index in [0.717, 1.165) is 54.4 Å². The van der Waals surface area contributed by atoms with Crippen LogP contribution in [-0.4, -0.2) is 55.3 Å². The number of nitrogens with two attached hydrogens (primary N) is 1. The quantitative estimate of drug-likeness (QED) is 0.236. The molecule has 5 heterocycles. The van der Waals surface area contributed by atoms with Crippen molar-refractivity contribution >= 4 is 24.6 Å². The number of nitrogen functional groups attached to an aromatic ring is 1. The Hall–Kier alpha value is -3.55. The van der Waals surface area contributed by atoms with Crippen LogP contribution in [0.15, 0.2) is 60.4 Å². The summed E-state index contributed by atoms with van der Waals surface area (Å²) in [6.45, 7) is 4.44. The summed E-state index contributed by atoms with van der Waals surface area (Å²) in [5, 5.41) is 8.99. The maximum Gasteiger partial charge on any atom is 0.553 e. The van der Waals surface area contributed by atoms with Gasteiger partial charge in [0, 0.05) is 23.0 Å². The highest BCUT2D eigenvalue weighted by molar-refractivity contribution is 6.40. The summed E-state index contributed by atoms with van der Waals surface area (Å²) in [7, 11) is 2.22. The van der Waals surface area contributed by atoms with E-state index in [1.54, 1.807) is 0 Å². The summed E-state index contributed by atoms with van der Waals surface area (Å²) in [6.07, 6.45) is 16.3. The monoisotopic (exact) mass is 479 g/mol. The summed E-state index contributed by atoms with van der Waals surface area (Å²) in [4.78, 5) is 2.34. The van der Waals surface area contributed by atoms with Crippen molar-refractivity contribution < 1.29 is 4.58 Å². The molecule has 1 fully saturated rings. The van der Waals surface area contributed by atoms with E-state index in [-0.39, 0.29) is 0 Å². The maximum atomic E-state index is 6.03. The minimum Gasteiger partial charge on any atom is -0.399 e. The molecule has 3 aliphatic rings. The van der Waals surface area contributed by atoms with Gasteiger partial charge in [0.05, 0.1) is 25.0 Å². The van der Waals surface area contributed by atoms with Gasteiger partial charge in [-0.25, -0.2) is 4.68 Å². The Labute approximate surface area is 213 Å². The Morgan fingerprint density at radius 2 is 1.81 bits per heavy atom. The topological polar surface area (TPSA) is 67.9 Å². The molecule has 0 atom stereocenters. The van der Waals surface area contributed by atoms with E-state index in [2.05, 4.69) is 81.3 Å². The molecule has 1 radical (unpaired) electrons. The first-order valence-corrected chi connectivity index (χ1v) is 13.4. The molecule has 1 saturated heterocycles. The SMILES string of the molecule is CCCCCCc1cn(-c2ccc3n2[B]N2C(=C3c3ccc(N)cc3)C=CC2=[N+]2CCCCC2)nn1. The number of benzene rings is 1. The van der Waals surface area contributed by atoms with Crippen molar-refractivity contribution in [2.75, 3.05) is 18.8 Å². The van der Waals surface area contributed by atoms with Crippen LogP contribution in [0.25, 0.3) is 11.4 Å². The van der Waals surface area contributed by atoms with Gasteiger partial charge in [-0.1, -0.05) is 43.5 Å². The number of hydrogen-bond donors (Lipinski definition) is 1. The fourth-order valence-corrected chi connectivity index (χ4v) is 5.54. The van der Waals surface area contributed by atoms with Gasteiger partial charge < -0.3 is 10.2 Å². The number of piperidine rings is 1. The van der Waals surface area contributed by atoms with Gasteiger partial charge in [0.1, 0.15) is 11.5 Å². The molecule has 3 aliphatic heterocycles. The number of aryl methyl sites for hydroxylation is 1. The zero-order chi connectivity index (χ0) is 24.5. The first-order valence-electron chi connectivity index (χ1n) is 13.4. The molecule has 183 valence electrons. The van der Waals surface area contributed by atoms with Crippen LogP contribution in [0.1, 0.15) is 68.8 Å². The van der Waals surface area contributed by atoms with Crippen molar-refractivity contribution in [3.8, 4) is 5.82 Å². The van der Waals surface area contributed by atoms with Crippen LogP contribution in [0.4, 0.5) is 5.69 Å². The average molecular weight is 479 g/mol. The van der Waals surface area contributed by atoms with Crippen LogP contribution in [0.2, 0.25) is 0 Å². The summed E-state index contributed by atoms with van der Waals surface area (Å²) in [5.74, 6) is 2.24. The molecule has 2 aromatic heterocycles. The molecule has 0 spiro atoms. The predicted molar refractivity (Wildman–Crippen MR) is 145 cm³/mol. The number of rotatable bonds is 7. The number of nitrogens with zero attached hydrogens (tertiary/aromatic N) is 6. The first-order chi connectivity index (χ1) is 17.7. The summed E-state index contributed by atoms with van der Waals surface area (Å²) >= 11 is 0. The van der Waals surface area contributed by atoms with Gasteiger partial charge in [-0.15, -0.1) is 5.10 Å². The Morgan fingerprint density at radius 1 is 0.972 bits per heavy atom. The van der Waals surface area contributed by atoms with Gasteiger partial charge in [-0.05, 0) is 68.0 Å². The molecule has 0 saturated carbocycles. The van der Waals surface area contributed by atoms with Crippen molar-refractivity contribution in [3.05, 3.63) is 77.4 Å². The molecule has 0 aliphatic carbocycles. The minimum absolute atomic E-state index is 0.774. The van der Waals surface area contributed by atoms with Crippen LogP contribution in [-0.2, 0) is 6.42 Å². The van der Waals surface area contributed by atoms with Crippen molar-refractivity contribution in [3.63, 3.8) is 0 Å². The smallest absolute Gasteiger partial charge is 0.399 e. The highest BCUT2D eigenvalue weighted by Gasteiger charge is 2.40. The van der Waals surface area contributed by atoms with Gasteiger partial charge in [0.15, 0.2) is 0 Å². The lowest BCUT2D eigenvalue weighted by Gasteiger charge is -2.27. The molecule has 0 unspecified atom stereocenters.